The molecule has 1 N–H and O–H groups in total. The number of rotatable bonds is 4. The molecule has 0 unspecified atom stereocenters. The van der Waals surface area contributed by atoms with Crippen LogP contribution in [-0.2, 0) is 6.61 Å². The minimum Gasteiger partial charge on any atom is -0.489 e. The van der Waals surface area contributed by atoms with Crippen LogP contribution in [-0.4, -0.2) is 11.1 Å². The Morgan fingerprint density at radius 1 is 1.37 bits per heavy atom. The first-order chi connectivity index (χ1) is 8.97. The Morgan fingerprint density at radius 2 is 2.11 bits per heavy atom. The minimum atomic E-state index is -0.933. The molecule has 0 bridgehead atoms. The second-order valence-corrected chi connectivity index (χ2v) is 5.45. The first-order valence-corrected chi connectivity index (χ1v) is 6.50. The van der Waals surface area contributed by atoms with Gasteiger partial charge in [0.15, 0.2) is 0 Å². The minimum absolute atomic E-state index is 0.271. The third-order valence-electron chi connectivity index (χ3n) is 2.76. The quantitative estimate of drug-likeness (QED) is 0.927. The summed E-state index contributed by atoms with van der Waals surface area (Å²) in [7, 11) is 0. The molecule has 0 saturated carbocycles. The molecule has 0 radical (unpaired) electrons. The van der Waals surface area contributed by atoms with Gasteiger partial charge in [0.05, 0.1) is 0 Å². The molecule has 1 heterocycles. The van der Waals surface area contributed by atoms with E-state index in [2.05, 4.69) is 0 Å². The van der Waals surface area contributed by atoms with E-state index in [4.69, 9.17) is 9.84 Å². The number of aryl methyl sites for hydroxylation is 2. The van der Waals surface area contributed by atoms with Crippen LogP contribution in [0.25, 0.3) is 0 Å². The van der Waals surface area contributed by atoms with E-state index in [9.17, 15) is 9.18 Å². The van der Waals surface area contributed by atoms with Crippen molar-refractivity contribution in [2.45, 2.75) is 20.5 Å². The lowest BCUT2D eigenvalue weighted by Crippen LogP contribution is -1.97. The highest BCUT2D eigenvalue weighted by atomic mass is 32.1. The molecule has 0 atom stereocenters. The zero-order chi connectivity index (χ0) is 14.0. The van der Waals surface area contributed by atoms with Gasteiger partial charge in [-0.1, -0.05) is 0 Å². The average molecular weight is 280 g/mol. The summed E-state index contributed by atoms with van der Waals surface area (Å²) in [6.45, 7) is 3.80. The van der Waals surface area contributed by atoms with Gasteiger partial charge in [0, 0.05) is 10.4 Å². The number of hydrogen-bond donors (Lipinski definition) is 1. The summed E-state index contributed by atoms with van der Waals surface area (Å²) >= 11 is 1.22. The molecule has 0 aliphatic heterocycles. The summed E-state index contributed by atoms with van der Waals surface area (Å²) in [4.78, 5) is 12.1. The zero-order valence-electron chi connectivity index (χ0n) is 10.6. The van der Waals surface area contributed by atoms with Gasteiger partial charge in [-0.05, 0) is 43.7 Å². The third kappa shape index (κ3) is 3.12. The van der Waals surface area contributed by atoms with Crippen molar-refractivity contribution in [1.82, 2.24) is 0 Å². The van der Waals surface area contributed by atoms with Crippen LogP contribution in [0, 0.1) is 19.7 Å². The van der Waals surface area contributed by atoms with Crippen LogP contribution < -0.4 is 4.74 Å². The smallest absolute Gasteiger partial charge is 0.345 e. The number of carbonyl (C=O) groups is 1. The first-order valence-electron chi connectivity index (χ1n) is 5.69. The summed E-state index contributed by atoms with van der Waals surface area (Å²) < 4.78 is 18.6. The number of carboxylic acids is 1. The molecule has 100 valence electrons. The van der Waals surface area contributed by atoms with Crippen molar-refractivity contribution in [3.8, 4) is 5.75 Å². The lowest BCUT2D eigenvalue weighted by atomic mass is 10.2. The van der Waals surface area contributed by atoms with Crippen molar-refractivity contribution < 1.29 is 19.0 Å². The molecule has 3 nitrogen and oxygen atoms in total. The number of thiophene rings is 1. The summed E-state index contributed by atoms with van der Waals surface area (Å²) in [5.41, 5.74) is 1.36. The lowest BCUT2D eigenvalue weighted by molar-refractivity contribution is 0.0702. The molecule has 0 aliphatic carbocycles. The van der Waals surface area contributed by atoms with Crippen LogP contribution in [0.4, 0.5) is 4.39 Å². The van der Waals surface area contributed by atoms with E-state index in [-0.39, 0.29) is 12.4 Å². The Kier molecular flexibility index (Phi) is 3.85. The van der Waals surface area contributed by atoms with Crippen LogP contribution in [0.3, 0.4) is 0 Å². The van der Waals surface area contributed by atoms with Crippen LogP contribution in [0.1, 0.15) is 25.7 Å². The Hall–Kier alpha value is -1.88. The molecular formula is C14H13FO3S. The van der Waals surface area contributed by atoms with Crippen molar-refractivity contribution in [1.29, 1.82) is 0 Å². The largest absolute Gasteiger partial charge is 0.489 e. The van der Waals surface area contributed by atoms with Gasteiger partial charge < -0.3 is 9.84 Å². The van der Waals surface area contributed by atoms with Crippen molar-refractivity contribution in [3.63, 3.8) is 0 Å². The second-order valence-electron chi connectivity index (χ2n) is 4.20. The van der Waals surface area contributed by atoms with E-state index in [1.165, 1.54) is 17.4 Å². The predicted molar refractivity (Wildman–Crippen MR) is 71.5 cm³/mol. The van der Waals surface area contributed by atoms with Crippen molar-refractivity contribution in [2.75, 3.05) is 0 Å². The molecule has 0 spiro atoms. The van der Waals surface area contributed by atoms with E-state index >= 15 is 0 Å². The van der Waals surface area contributed by atoms with Crippen LogP contribution in [0.2, 0.25) is 0 Å². The Labute approximate surface area is 114 Å². The molecule has 0 saturated heterocycles. The van der Waals surface area contributed by atoms with Crippen molar-refractivity contribution in [2.24, 2.45) is 0 Å². The SMILES string of the molecule is Cc1cc(OCc2cc(C(=O)O)sc2C)ccc1F. The van der Waals surface area contributed by atoms with Gasteiger partial charge in [0.2, 0.25) is 0 Å². The maximum Gasteiger partial charge on any atom is 0.345 e. The number of carboxylic acid groups (broad SMARTS) is 1. The number of ether oxygens (including phenoxy) is 1. The van der Waals surface area contributed by atoms with Crippen LogP contribution >= 0.6 is 11.3 Å². The summed E-state index contributed by atoms with van der Waals surface area (Å²) in [5.74, 6) is -0.634. The number of halogens is 1. The zero-order valence-corrected chi connectivity index (χ0v) is 11.4. The monoisotopic (exact) mass is 280 g/mol. The van der Waals surface area contributed by atoms with Crippen LogP contribution in [0.5, 0.6) is 5.75 Å². The van der Waals surface area contributed by atoms with Gasteiger partial charge >= 0.3 is 5.97 Å². The average Bonchev–Trinajstić information content (AvgIpc) is 2.73. The van der Waals surface area contributed by atoms with E-state index in [1.54, 1.807) is 25.1 Å². The highest BCUT2D eigenvalue weighted by Gasteiger charge is 2.11. The molecule has 2 aromatic rings. The van der Waals surface area contributed by atoms with E-state index in [0.29, 0.717) is 16.2 Å². The highest BCUT2D eigenvalue weighted by molar-refractivity contribution is 7.14. The van der Waals surface area contributed by atoms with Gasteiger partial charge in [0.1, 0.15) is 23.1 Å². The summed E-state index contributed by atoms with van der Waals surface area (Å²) in [6, 6.07) is 6.14. The first kappa shape index (κ1) is 13.5. The third-order valence-corrected chi connectivity index (χ3v) is 3.84. The standard InChI is InChI=1S/C14H13FO3S/c1-8-5-11(3-4-12(8)15)18-7-10-6-13(14(16)17)19-9(10)2/h3-6H,7H2,1-2H3,(H,16,17). The molecule has 2 rings (SSSR count). The molecule has 0 amide bonds. The lowest BCUT2D eigenvalue weighted by Gasteiger charge is -2.07. The topological polar surface area (TPSA) is 46.5 Å². The van der Waals surface area contributed by atoms with Crippen molar-refractivity contribution in [3.05, 3.63) is 51.0 Å². The molecule has 1 aromatic heterocycles. The van der Waals surface area contributed by atoms with Gasteiger partial charge in [-0.2, -0.15) is 0 Å². The second kappa shape index (κ2) is 5.40. The fourth-order valence-electron chi connectivity index (χ4n) is 1.64. The van der Waals surface area contributed by atoms with Gasteiger partial charge in [0.25, 0.3) is 0 Å². The fourth-order valence-corrected chi connectivity index (χ4v) is 2.50. The highest BCUT2D eigenvalue weighted by Crippen LogP contribution is 2.24. The normalized spacial score (nSPS) is 10.5. The molecular weight excluding hydrogens is 267 g/mol. The molecule has 5 heteroatoms. The van der Waals surface area contributed by atoms with Crippen molar-refractivity contribution >= 4 is 17.3 Å². The Bertz CT molecular complexity index is 619. The maximum atomic E-state index is 13.1. The van der Waals surface area contributed by atoms with E-state index in [0.717, 1.165) is 10.4 Å². The number of aromatic carboxylic acids is 1. The van der Waals surface area contributed by atoms with E-state index in [1.807, 2.05) is 6.92 Å². The van der Waals surface area contributed by atoms with Crippen LogP contribution in [0.15, 0.2) is 24.3 Å². The molecule has 0 aliphatic rings. The molecule has 1 aromatic carbocycles. The number of hydrogen-bond acceptors (Lipinski definition) is 3. The van der Waals surface area contributed by atoms with Gasteiger partial charge in [-0.25, -0.2) is 9.18 Å². The number of benzene rings is 1. The van der Waals surface area contributed by atoms with Gasteiger partial charge in [-0.3, -0.25) is 0 Å². The fraction of sp³-hybridized carbons (Fsp3) is 0.214. The molecule has 0 fully saturated rings. The van der Waals surface area contributed by atoms with Gasteiger partial charge in [-0.15, -0.1) is 11.3 Å². The maximum absolute atomic E-state index is 13.1. The molecule has 19 heavy (non-hydrogen) atoms. The summed E-state index contributed by atoms with van der Waals surface area (Å²) in [5, 5.41) is 8.90. The Morgan fingerprint density at radius 3 is 2.68 bits per heavy atom. The summed E-state index contributed by atoms with van der Waals surface area (Å²) in [6.07, 6.45) is 0. The van der Waals surface area contributed by atoms with E-state index < -0.39 is 5.97 Å². The predicted octanol–water partition coefficient (Wildman–Crippen LogP) is 3.78. The Balaban J connectivity index is 2.09.